The Morgan fingerprint density at radius 1 is 1.29 bits per heavy atom. The average molecular weight is 311 g/mol. The van der Waals surface area contributed by atoms with E-state index in [-0.39, 0.29) is 12.5 Å². The number of carboxylic acids is 1. The molecule has 5 nitrogen and oxygen atoms in total. The van der Waals surface area contributed by atoms with Gasteiger partial charge < -0.3 is 15.2 Å². The number of carboxylic acid groups (broad SMARTS) is 1. The van der Waals surface area contributed by atoms with Gasteiger partial charge in [0, 0.05) is 23.6 Å². The second-order valence-corrected chi connectivity index (χ2v) is 6.41. The Balaban J connectivity index is 2.28. The molecule has 1 amide bonds. The van der Waals surface area contributed by atoms with E-state index < -0.39 is 11.4 Å². The van der Waals surface area contributed by atoms with E-state index in [4.69, 9.17) is 9.84 Å². The van der Waals surface area contributed by atoms with E-state index in [9.17, 15) is 9.59 Å². The van der Waals surface area contributed by atoms with Crippen LogP contribution in [0.15, 0.2) is 29.2 Å². The summed E-state index contributed by atoms with van der Waals surface area (Å²) in [6, 6.07) is 7.62. The monoisotopic (exact) mass is 311 g/mol. The quantitative estimate of drug-likeness (QED) is 0.721. The van der Waals surface area contributed by atoms with Crippen molar-refractivity contribution in [3.05, 3.63) is 24.3 Å². The van der Waals surface area contributed by atoms with Crippen LogP contribution in [0.1, 0.15) is 20.3 Å². The van der Waals surface area contributed by atoms with Crippen molar-refractivity contribution in [2.24, 2.45) is 5.41 Å². The van der Waals surface area contributed by atoms with Gasteiger partial charge in [-0.05, 0) is 38.1 Å². The first-order chi connectivity index (χ1) is 9.85. The van der Waals surface area contributed by atoms with Crippen molar-refractivity contribution < 1.29 is 19.4 Å². The zero-order valence-corrected chi connectivity index (χ0v) is 13.3. The summed E-state index contributed by atoms with van der Waals surface area (Å²) in [5, 5.41) is 11.6. The summed E-state index contributed by atoms with van der Waals surface area (Å²) in [5.41, 5.74) is -0.946. The molecule has 1 aromatic carbocycles. The van der Waals surface area contributed by atoms with Crippen molar-refractivity contribution in [3.63, 3.8) is 0 Å². The topological polar surface area (TPSA) is 75.6 Å². The molecule has 2 N–H and O–H groups in total. The van der Waals surface area contributed by atoms with E-state index >= 15 is 0 Å². The van der Waals surface area contributed by atoms with Crippen LogP contribution >= 0.6 is 11.8 Å². The van der Waals surface area contributed by atoms with Crippen LogP contribution in [-0.4, -0.2) is 36.4 Å². The average Bonchev–Trinajstić information content (AvgIpc) is 2.46. The maximum Gasteiger partial charge on any atom is 0.310 e. The number of hydrogen-bond donors (Lipinski definition) is 2. The first kappa shape index (κ1) is 17.4. The molecular weight excluding hydrogens is 290 g/mol. The van der Waals surface area contributed by atoms with Gasteiger partial charge in [0.25, 0.3) is 0 Å². The van der Waals surface area contributed by atoms with Gasteiger partial charge >= 0.3 is 5.97 Å². The zero-order valence-electron chi connectivity index (χ0n) is 12.5. The molecule has 0 spiro atoms. The zero-order chi connectivity index (χ0) is 15.9. The lowest BCUT2D eigenvalue weighted by Gasteiger charge is -2.19. The molecule has 6 heteroatoms. The molecule has 116 valence electrons. The summed E-state index contributed by atoms with van der Waals surface area (Å²) in [4.78, 5) is 23.6. The summed E-state index contributed by atoms with van der Waals surface area (Å²) >= 11 is 1.57. The molecule has 0 saturated heterocycles. The Hall–Kier alpha value is -1.69. The lowest BCUT2D eigenvalue weighted by molar-refractivity contribution is -0.146. The number of carbonyl (C=O) groups is 2. The number of rotatable bonds is 8. The number of thioether (sulfide) groups is 1. The minimum Gasteiger partial charge on any atom is -0.497 e. The summed E-state index contributed by atoms with van der Waals surface area (Å²) in [5.74, 6) is 0.389. The Labute approximate surface area is 129 Å². The predicted molar refractivity (Wildman–Crippen MR) is 82.8 cm³/mol. The van der Waals surface area contributed by atoms with Crippen LogP contribution in [0.5, 0.6) is 5.75 Å². The fourth-order valence-electron chi connectivity index (χ4n) is 1.42. The van der Waals surface area contributed by atoms with Crippen molar-refractivity contribution in [1.29, 1.82) is 0 Å². The molecule has 21 heavy (non-hydrogen) atoms. The van der Waals surface area contributed by atoms with Gasteiger partial charge in [-0.2, -0.15) is 0 Å². The smallest absolute Gasteiger partial charge is 0.310 e. The fraction of sp³-hybridized carbons (Fsp3) is 0.467. The van der Waals surface area contributed by atoms with Crippen LogP contribution in [0.3, 0.4) is 0 Å². The second kappa shape index (κ2) is 7.93. The highest BCUT2D eigenvalue weighted by molar-refractivity contribution is 7.99. The van der Waals surface area contributed by atoms with Crippen molar-refractivity contribution in [2.45, 2.75) is 25.2 Å². The van der Waals surface area contributed by atoms with Crippen LogP contribution in [0.2, 0.25) is 0 Å². The number of benzene rings is 1. The molecule has 0 bridgehead atoms. The molecule has 0 aromatic heterocycles. The summed E-state index contributed by atoms with van der Waals surface area (Å²) in [6.07, 6.45) is 0.354. The standard InChI is InChI=1S/C15H21NO4S/c1-15(2,14(18)19)10-16-13(17)8-9-21-12-6-4-11(20-3)5-7-12/h4-7H,8-10H2,1-3H3,(H,16,17)(H,18,19). The van der Waals surface area contributed by atoms with Crippen LogP contribution < -0.4 is 10.1 Å². The summed E-state index contributed by atoms with van der Waals surface area (Å²) in [7, 11) is 1.62. The van der Waals surface area contributed by atoms with Gasteiger partial charge in [0.05, 0.1) is 12.5 Å². The maximum atomic E-state index is 11.7. The number of methoxy groups -OCH3 is 1. The van der Waals surface area contributed by atoms with E-state index in [0.29, 0.717) is 12.2 Å². The molecular formula is C15H21NO4S. The number of nitrogens with one attached hydrogen (secondary N) is 1. The summed E-state index contributed by atoms with van der Waals surface area (Å²) < 4.78 is 5.07. The lowest BCUT2D eigenvalue weighted by Crippen LogP contribution is -2.38. The van der Waals surface area contributed by atoms with E-state index in [1.807, 2.05) is 24.3 Å². The number of hydrogen-bond acceptors (Lipinski definition) is 4. The molecule has 0 aliphatic carbocycles. The second-order valence-electron chi connectivity index (χ2n) is 5.24. The van der Waals surface area contributed by atoms with Gasteiger partial charge in [0.15, 0.2) is 0 Å². The van der Waals surface area contributed by atoms with Gasteiger partial charge in [0.2, 0.25) is 5.91 Å². The molecule has 1 rings (SSSR count). The van der Waals surface area contributed by atoms with Crippen molar-refractivity contribution in [1.82, 2.24) is 5.32 Å². The number of amides is 1. The van der Waals surface area contributed by atoms with Crippen molar-refractivity contribution >= 4 is 23.6 Å². The van der Waals surface area contributed by atoms with Gasteiger partial charge in [-0.3, -0.25) is 9.59 Å². The van der Waals surface area contributed by atoms with E-state index in [0.717, 1.165) is 10.6 Å². The van der Waals surface area contributed by atoms with Crippen LogP contribution in [0.4, 0.5) is 0 Å². The first-order valence-corrected chi connectivity index (χ1v) is 7.60. The van der Waals surface area contributed by atoms with E-state index in [1.165, 1.54) is 0 Å². The minimum absolute atomic E-state index is 0.133. The highest BCUT2D eigenvalue weighted by Gasteiger charge is 2.27. The molecule has 0 saturated carbocycles. The van der Waals surface area contributed by atoms with E-state index in [2.05, 4.69) is 5.32 Å². The number of aliphatic carboxylic acids is 1. The maximum absolute atomic E-state index is 11.7. The highest BCUT2D eigenvalue weighted by Crippen LogP contribution is 2.21. The van der Waals surface area contributed by atoms with Crippen LogP contribution in [0, 0.1) is 5.41 Å². The molecule has 0 heterocycles. The van der Waals surface area contributed by atoms with Crippen molar-refractivity contribution in [2.75, 3.05) is 19.4 Å². The Bertz CT molecular complexity index is 485. The predicted octanol–water partition coefficient (Wildman–Crippen LogP) is 2.40. The largest absolute Gasteiger partial charge is 0.497 e. The SMILES string of the molecule is COc1ccc(SCCC(=O)NCC(C)(C)C(=O)O)cc1. The number of ether oxygens (including phenoxy) is 1. The van der Waals surface area contributed by atoms with Gasteiger partial charge in [-0.1, -0.05) is 0 Å². The Kier molecular flexibility index (Phi) is 6.55. The molecule has 0 aliphatic heterocycles. The molecule has 0 atom stereocenters. The molecule has 0 radical (unpaired) electrons. The molecule has 0 aliphatic rings. The lowest BCUT2D eigenvalue weighted by atomic mass is 9.94. The summed E-state index contributed by atoms with van der Waals surface area (Å²) in [6.45, 7) is 3.30. The van der Waals surface area contributed by atoms with Crippen LogP contribution in [0.25, 0.3) is 0 Å². The van der Waals surface area contributed by atoms with E-state index in [1.54, 1.807) is 32.7 Å². The Morgan fingerprint density at radius 3 is 2.43 bits per heavy atom. The van der Waals surface area contributed by atoms with Crippen molar-refractivity contribution in [3.8, 4) is 5.75 Å². The van der Waals surface area contributed by atoms with Gasteiger partial charge in [-0.25, -0.2) is 0 Å². The highest BCUT2D eigenvalue weighted by atomic mass is 32.2. The van der Waals surface area contributed by atoms with Gasteiger partial charge in [-0.15, -0.1) is 11.8 Å². The normalized spacial score (nSPS) is 11.0. The first-order valence-electron chi connectivity index (χ1n) is 6.62. The fourth-order valence-corrected chi connectivity index (χ4v) is 2.27. The molecule has 1 aromatic rings. The third-order valence-electron chi connectivity index (χ3n) is 2.96. The van der Waals surface area contributed by atoms with Crippen LogP contribution in [-0.2, 0) is 9.59 Å². The Morgan fingerprint density at radius 2 is 1.90 bits per heavy atom. The molecule has 0 unspecified atom stereocenters. The third-order valence-corrected chi connectivity index (χ3v) is 3.98. The molecule has 0 fully saturated rings. The third kappa shape index (κ3) is 6.08. The van der Waals surface area contributed by atoms with Gasteiger partial charge in [0.1, 0.15) is 5.75 Å². The number of carbonyl (C=O) groups excluding carboxylic acids is 1. The minimum atomic E-state index is -0.946.